The van der Waals surface area contributed by atoms with E-state index in [1.807, 2.05) is 54.6 Å². The van der Waals surface area contributed by atoms with Gasteiger partial charge < -0.3 is 10.6 Å². The van der Waals surface area contributed by atoms with Gasteiger partial charge in [0.25, 0.3) is 0 Å². The second-order valence-corrected chi connectivity index (χ2v) is 6.72. The van der Waals surface area contributed by atoms with E-state index in [2.05, 4.69) is 40.5 Å². The topological polar surface area (TPSA) is 73.6 Å². The molecule has 27 heavy (non-hydrogen) atoms. The maximum Gasteiger partial charge on any atom is 0.229 e. The van der Waals surface area contributed by atoms with E-state index >= 15 is 0 Å². The molecule has 0 fully saturated rings. The zero-order valence-corrected chi connectivity index (χ0v) is 15.6. The molecule has 0 amide bonds. The molecular formula is C22H23N5. The Bertz CT molecular complexity index is 929. The fraction of sp³-hybridized carbons (Fsp3) is 0.227. The van der Waals surface area contributed by atoms with Crippen molar-refractivity contribution < 1.29 is 0 Å². The van der Waals surface area contributed by atoms with Crippen molar-refractivity contribution in [3.63, 3.8) is 0 Å². The standard InChI is InChI=1S/C22H23N5/c1-16(2)12-13-24-21-14-20(17-8-4-3-5-9-17)26-22(27-21)25-19-11-7-6-10-18(19)15-23/h3-11,14,16H,12-13H2,1-2H3,(H2,24,25,26,27). The Morgan fingerprint density at radius 1 is 1.00 bits per heavy atom. The monoisotopic (exact) mass is 357 g/mol. The highest BCUT2D eigenvalue weighted by atomic mass is 15.1. The van der Waals surface area contributed by atoms with E-state index in [1.165, 1.54) is 0 Å². The van der Waals surface area contributed by atoms with Crippen molar-refractivity contribution in [3.8, 4) is 17.3 Å². The number of nitrogens with one attached hydrogen (secondary N) is 2. The van der Waals surface area contributed by atoms with Crippen LogP contribution >= 0.6 is 0 Å². The van der Waals surface area contributed by atoms with E-state index in [0.717, 1.165) is 30.0 Å². The molecular weight excluding hydrogens is 334 g/mol. The van der Waals surface area contributed by atoms with Gasteiger partial charge in [-0.05, 0) is 24.5 Å². The predicted octanol–water partition coefficient (Wildman–Crippen LogP) is 5.22. The molecule has 0 aliphatic heterocycles. The number of rotatable bonds is 7. The van der Waals surface area contributed by atoms with Gasteiger partial charge in [0.1, 0.15) is 11.9 Å². The summed E-state index contributed by atoms with van der Waals surface area (Å²) in [6.45, 7) is 5.24. The first-order valence-electron chi connectivity index (χ1n) is 9.10. The Hall–Kier alpha value is -3.39. The number of anilines is 3. The first-order chi connectivity index (χ1) is 13.2. The molecule has 136 valence electrons. The van der Waals surface area contributed by atoms with Gasteiger partial charge in [-0.3, -0.25) is 0 Å². The van der Waals surface area contributed by atoms with Gasteiger partial charge in [0.2, 0.25) is 5.95 Å². The number of hydrogen-bond donors (Lipinski definition) is 2. The quantitative estimate of drug-likeness (QED) is 0.607. The molecule has 0 unspecified atom stereocenters. The molecule has 2 N–H and O–H groups in total. The highest BCUT2D eigenvalue weighted by Gasteiger charge is 2.09. The summed E-state index contributed by atoms with van der Waals surface area (Å²) in [7, 11) is 0. The average Bonchev–Trinajstić information content (AvgIpc) is 2.69. The summed E-state index contributed by atoms with van der Waals surface area (Å²) in [5.41, 5.74) is 3.09. The lowest BCUT2D eigenvalue weighted by atomic mass is 10.1. The predicted molar refractivity (Wildman–Crippen MR) is 110 cm³/mol. The van der Waals surface area contributed by atoms with Crippen molar-refractivity contribution in [1.82, 2.24) is 9.97 Å². The zero-order valence-electron chi connectivity index (χ0n) is 15.6. The number of hydrogen-bond acceptors (Lipinski definition) is 5. The van der Waals surface area contributed by atoms with Crippen LogP contribution in [0.1, 0.15) is 25.8 Å². The van der Waals surface area contributed by atoms with Gasteiger partial charge in [-0.25, -0.2) is 4.98 Å². The molecule has 0 spiro atoms. The van der Waals surface area contributed by atoms with Crippen molar-refractivity contribution in [1.29, 1.82) is 5.26 Å². The van der Waals surface area contributed by atoms with Gasteiger partial charge in [-0.2, -0.15) is 10.2 Å². The lowest BCUT2D eigenvalue weighted by Crippen LogP contribution is -2.08. The first-order valence-corrected chi connectivity index (χ1v) is 9.10. The Balaban J connectivity index is 1.93. The Kier molecular flexibility index (Phi) is 6.01. The van der Waals surface area contributed by atoms with Crippen LogP contribution in [-0.4, -0.2) is 16.5 Å². The summed E-state index contributed by atoms with van der Waals surface area (Å²) in [4.78, 5) is 9.23. The van der Waals surface area contributed by atoms with Crippen molar-refractivity contribution in [2.45, 2.75) is 20.3 Å². The van der Waals surface area contributed by atoms with E-state index < -0.39 is 0 Å². The molecule has 0 saturated heterocycles. The van der Waals surface area contributed by atoms with E-state index in [-0.39, 0.29) is 0 Å². The summed E-state index contributed by atoms with van der Waals surface area (Å²) >= 11 is 0. The van der Waals surface area contributed by atoms with Crippen LogP contribution in [0, 0.1) is 17.2 Å². The summed E-state index contributed by atoms with van der Waals surface area (Å²) in [6, 6.07) is 21.5. The maximum absolute atomic E-state index is 9.31. The number of nitriles is 1. The molecule has 3 rings (SSSR count). The normalized spacial score (nSPS) is 10.4. The number of nitrogens with zero attached hydrogens (tertiary/aromatic N) is 3. The largest absolute Gasteiger partial charge is 0.370 e. The zero-order chi connectivity index (χ0) is 19.1. The summed E-state index contributed by atoms with van der Waals surface area (Å²) in [5.74, 6) is 1.85. The molecule has 0 aliphatic carbocycles. The summed E-state index contributed by atoms with van der Waals surface area (Å²) in [5, 5.41) is 15.9. The third kappa shape index (κ3) is 5.05. The van der Waals surface area contributed by atoms with Crippen LogP contribution in [0.3, 0.4) is 0 Å². The second kappa shape index (κ2) is 8.81. The Morgan fingerprint density at radius 3 is 2.48 bits per heavy atom. The van der Waals surface area contributed by atoms with Crippen LogP contribution in [-0.2, 0) is 0 Å². The van der Waals surface area contributed by atoms with E-state index in [9.17, 15) is 5.26 Å². The first kappa shape index (κ1) is 18.4. The number of para-hydroxylation sites is 1. The van der Waals surface area contributed by atoms with E-state index in [0.29, 0.717) is 23.1 Å². The van der Waals surface area contributed by atoms with Gasteiger partial charge in [0.05, 0.1) is 16.9 Å². The lowest BCUT2D eigenvalue weighted by Gasteiger charge is -2.13. The van der Waals surface area contributed by atoms with Crippen LogP contribution in [0.5, 0.6) is 0 Å². The van der Waals surface area contributed by atoms with Crippen LogP contribution in [0.4, 0.5) is 17.5 Å². The van der Waals surface area contributed by atoms with Crippen LogP contribution in [0.15, 0.2) is 60.7 Å². The van der Waals surface area contributed by atoms with Gasteiger partial charge in [0, 0.05) is 18.2 Å². The molecule has 0 radical (unpaired) electrons. The van der Waals surface area contributed by atoms with Crippen molar-refractivity contribution >= 4 is 17.5 Å². The third-order valence-electron chi connectivity index (χ3n) is 4.12. The van der Waals surface area contributed by atoms with Gasteiger partial charge in [-0.1, -0.05) is 56.3 Å². The highest BCUT2D eigenvalue weighted by Crippen LogP contribution is 2.24. The molecule has 5 heteroatoms. The van der Waals surface area contributed by atoms with Crippen LogP contribution in [0.2, 0.25) is 0 Å². The van der Waals surface area contributed by atoms with E-state index in [4.69, 9.17) is 0 Å². The Morgan fingerprint density at radius 2 is 1.74 bits per heavy atom. The minimum Gasteiger partial charge on any atom is -0.370 e. The molecule has 0 saturated carbocycles. The van der Waals surface area contributed by atoms with Crippen molar-refractivity contribution in [2.75, 3.05) is 17.2 Å². The fourth-order valence-corrected chi connectivity index (χ4v) is 2.65. The molecule has 0 bridgehead atoms. The van der Waals surface area contributed by atoms with Gasteiger partial charge >= 0.3 is 0 Å². The fourth-order valence-electron chi connectivity index (χ4n) is 2.65. The molecule has 1 heterocycles. The molecule has 2 aromatic carbocycles. The van der Waals surface area contributed by atoms with Gasteiger partial charge in [-0.15, -0.1) is 0 Å². The van der Waals surface area contributed by atoms with Crippen molar-refractivity contribution in [3.05, 3.63) is 66.2 Å². The minimum atomic E-state index is 0.464. The maximum atomic E-state index is 9.31. The SMILES string of the molecule is CC(C)CCNc1cc(-c2ccccc2)nc(Nc2ccccc2C#N)n1. The summed E-state index contributed by atoms with van der Waals surface area (Å²) < 4.78 is 0. The minimum absolute atomic E-state index is 0.464. The summed E-state index contributed by atoms with van der Waals surface area (Å²) in [6.07, 6.45) is 1.06. The van der Waals surface area contributed by atoms with E-state index in [1.54, 1.807) is 6.07 Å². The molecule has 1 aromatic heterocycles. The molecule has 3 aromatic rings. The molecule has 0 aliphatic rings. The smallest absolute Gasteiger partial charge is 0.229 e. The van der Waals surface area contributed by atoms with Crippen molar-refractivity contribution in [2.24, 2.45) is 5.92 Å². The highest BCUT2D eigenvalue weighted by molar-refractivity contribution is 5.68. The second-order valence-electron chi connectivity index (χ2n) is 6.72. The van der Waals surface area contributed by atoms with Crippen LogP contribution in [0.25, 0.3) is 11.3 Å². The number of aromatic nitrogens is 2. The van der Waals surface area contributed by atoms with Crippen LogP contribution < -0.4 is 10.6 Å². The lowest BCUT2D eigenvalue weighted by molar-refractivity contribution is 0.606. The molecule has 5 nitrogen and oxygen atoms in total. The average molecular weight is 357 g/mol. The Labute approximate surface area is 160 Å². The number of benzene rings is 2. The third-order valence-corrected chi connectivity index (χ3v) is 4.12. The molecule has 0 atom stereocenters. The van der Waals surface area contributed by atoms with Gasteiger partial charge in [0.15, 0.2) is 0 Å².